The topological polar surface area (TPSA) is 175 Å². The van der Waals surface area contributed by atoms with Crippen molar-refractivity contribution in [3.63, 3.8) is 0 Å². The highest BCUT2D eigenvalue weighted by atomic mass is 16.7. The average molecular weight is 976 g/mol. The molecule has 0 aromatic carbocycles. The first-order valence-corrected chi connectivity index (χ1v) is 28.4. The second kappa shape index (κ2) is 47.9. The predicted molar refractivity (Wildman–Crippen MR) is 283 cm³/mol. The molecule has 1 aliphatic rings. The van der Waals surface area contributed by atoms with Crippen molar-refractivity contribution in [1.29, 1.82) is 0 Å². The normalized spacial score (nSPS) is 19.7. The van der Waals surface area contributed by atoms with E-state index < -0.39 is 49.5 Å². The maximum Gasteiger partial charge on any atom is 0.305 e. The van der Waals surface area contributed by atoms with Crippen LogP contribution in [0.2, 0.25) is 0 Å². The summed E-state index contributed by atoms with van der Waals surface area (Å²) in [5.74, 6) is -0.243. The lowest BCUT2D eigenvalue weighted by atomic mass is 9.99. The van der Waals surface area contributed by atoms with E-state index >= 15 is 0 Å². The molecule has 1 fully saturated rings. The molecule has 6 N–H and O–H groups in total. The van der Waals surface area contributed by atoms with Gasteiger partial charge in [-0.15, -0.1) is 0 Å². The van der Waals surface area contributed by atoms with Gasteiger partial charge in [-0.25, -0.2) is 0 Å². The van der Waals surface area contributed by atoms with Gasteiger partial charge in [-0.3, -0.25) is 9.59 Å². The van der Waals surface area contributed by atoms with Crippen LogP contribution in [0, 0.1) is 0 Å². The number of esters is 1. The first kappa shape index (κ1) is 64.6. The summed E-state index contributed by atoms with van der Waals surface area (Å²) >= 11 is 0. The van der Waals surface area contributed by atoms with Gasteiger partial charge < -0.3 is 45.1 Å². The van der Waals surface area contributed by atoms with Crippen LogP contribution in [0.1, 0.15) is 245 Å². The number of rotatable bonds is 48. The van der Waals surface area contributed by atoms with E-state index in [1.165, 1.54) is 122 Å². The number of hydrogen-bond acceptors (Lipinski definition) is 10. The molecule has 402 valence electrons. The van der Waals surface area contributed by atoms with Gasteiger partial charge in [-0.05, 0) is 83.5 Å². The molecule has 1 rings (SSSR count). The van der Waals surface area contributed by atoms with Crippen LogP contribution in [0.15, 0.2) is 48.6 Å². The zero-order chi connectivity index (χ0) is 50.3. The minimum absolute atomic E-state index is 0.0310. The van der Waals surface area contributed by atoms with Gasteiger partial charge in [0.1, 0.15) is 24.4 Å². The highest BCUT2D eigenvalue weighted by Gasteiger charge is 2.44. The largest absolute Gasteiger partial charge is 0.466 e. The standard InChI is InChI=1S/C58H105NO10/c1-3-5-7-9-11-13-14-15-19-23-26-30-34-38-42-46-54(63)67-47-43-39-35-31-27-24-21-18-16-17-20-22-25-29-33-37-41-45-53(62)59-50(51(61)44-40-36-32-28-12-10-8-6-4-2)49-68-58-57(66)56(65)55(64)52(48-60)69-58/h12,16,18,24,27-28,40,44,50-52,55-58,60-61,64-66H,3-11,13-15,17,19-23,25-26,29-39,41-43,45-49H2,1-2H3,(H,59,62)/b18-16-,27-24-,28-12+,44-40+. The molecule has 1 amide bonds. The molecule has 11 nitrogen and oxygen atoms in total. The van der Waals surface area contributed by atoms with Crippen molar-refractivity contribution in [2.45, 2.75) is 288 Å². The first-order chi connectivity index (χ1) is 33.7. The summed E-state index contributed by atoms with van der Waals surface area (Å²) < 4.78 is 16.6. The third-order valence-corrected chi connectivity index (χ3v) is 13.2. The summed E-state index contributed by atoms with van der Waals surface area (Å²) in [5.41, 5.74) is 0. The van der Waals surface area contributed by atoms with Crippen LogP contribution in [0.25, 0.3) is 0 Å². The monoisotopic (exact) mass is 976 g/mol. The van der Waals surface area contributed by atoms with Crippen LogP contribution in [0.3, 0.4) is 0 Å². The number of carbonyl (C=O) groups is 2. The molecule has 7 unspecified atom stereocenters. The van der Waals surface area contributed by atoms with E-state index in [4.69, 9.17) is 14.2 Å². The highest BCUT2D eigenvalue weighted by molar-refractivity contribution is 5.76. The van der Waals surface area contributed by atoms with Crippen molar-refractivity contribution in [2.75, 3.05) is 19.8 Å². The van der Waals surface area contributed by atoms with E-state index in [0.717, 1.165) is 96.3 Å². The van der Waals surface area contributed by atoms with Gasteiger partial charge in [0, 0.05) is 12.8 Å². The molecular formula is C58H105NO10. The highest BCUT2D eigenvalue weighted by Crippen LogP contribution is 2.23. The lowest BCUT2D eigenvalue weighted by Gasteiger charge is -2.40. The number of aliphatic hydroxyl groups excluding tert-OH is 5. The number of allylic oxidation sites excluding steroid dienone is 7. The number of hydrogen-bond donors (Lipinski definition) is 6. The van der Waals surface area contributed by atoms with Gasteiger partial charge in [0.2, 0.25) is 5.91 Å². The van der Waals surface area contributed by atoms with E-state index in [9.17, 15) is 35.1 Å². The van der Waals surface area contributed by atoms with Gasteiger partial charge in [-0.2, -0.15) is 0 Å². The zero-order valence-corrected chi connectivity index (χ0v) is 44.0. The van der Waals surface area contributed by atoms with Crippen LogP contribution in [0.5, 0.6) is 0 Å². The fourth-order valence-corrected chi connectivity index (χ4v) is 8.60. The molecule has 0 aromatic heterocycles. The number of nitrogens with one attached hydrogen (secondary N) is 1. The third kappa shape index (κ3) is 38.0. The second-order valence-corrected chi connectivity index (χ2v) is 19.6. The van der Waals surface area contributed by atoms with Gasteiger partial charge in [-0.1, -0.05) is 197 Å². The van der Waals surface area contributed by atoms with E-state index in [2.05, 4.69) is 55.6 Å². The quantitative estimate of drug-likeness (QED) is 0.0196. The van der Waals surface area contributed by atoms with Crippen molar-refractivity contribution in [1.82, 2.24) is 5.32 Å². The Bertz CT molecular complexity index is 1290. The van der Waals surface area contributed by atoms with Crippen LogP contribution in [-0.2, 0) is 23.8 Å². The lowest BCUT2D eigenvalue weighted by Crippen LogP contribution is -2.60. The summed E-state index contributed by atoms with van der Waals surface area (Å²) in [6.45, 7) is 4.21. The van der Waals surface area contributed by atoms with Crippen molar-refractivity contribution in [3.8, 4) is 0 Å². The predicted octanol–water partition coefficient (Wildman–Crippen LogP) is 12.5. The smallest absolute Gasteiger partial charge is 0.305 e. The van der Waals surface area contributed by atoms with Gasteiger partial charge in [0.25, 0.3) is 0 Å². The first-order valence-electron chi connectivity index (χ1n) is 28.4. The Hall–Kier alpha value is -2.38. The number of aliphatic hydroxyl groups is 5. The van der Waals surface area contributed by atoms with E-state index in [1.54, 1.807) is 6.08 Å². The van der Waals surface area contributed by atoms with Crippen LogP contribution >= 0.6 is 0 Å². The molecule has 1 heterocycles. The van der Waals surface area contributed by atoms with E-state index in [1.807, 2.05) is 6.08 Å². The van der Waals surface area contributed by atoms with Crippen molar-refractivity contribution < 1.29 is 49.3 Å². The number of unbranched alkanes of at least 4 members (excludes halogenated alkanes) is 28. The van der Waals surface area contributed by atoms with Crippen molar-refractivity contribution >= 4 is 11.9 Å². The molecule has 11 heteroatoms. The van der Waals surface area contributed by atoms with Gasteiger partial charge >= 0.3 is 5.97 Å². The number of amides is 1. The zero-order valence-electron chi connectivity index (χ0n) is 44.0. The molecule has 0 radical (unpaired) electrons. The number of carbonyl (C=O) groups excluding carboxylic acids is 2. The van der Waals surface area contributed by atoms with Crippen LogP contribution in [0.4, 0.5) is 0 Å². The molecule has 0 bridgehead atoms. The molecule has 7 atom stereocenters. The van der Waals surface area contributed by atoms with Gasteiger partial charge in [0.15, 0.2) is 6.29 Å². The molecule has 0 aromatic rings. The molecular weight excluding hydrogens is 871 g/mol. The molecule has 0 spiro atoms. The fraction of sp³-hybridized carbons (Fsp3) is 0.828. The van der Waals surface area contributed by atoms with E-state index in [0.29, 0.717) is 19.4 Å². The maximum atomic E-state index is 13.0. The Labute approximate surface area is 421 Å². The molecule has 1 aliphatic heterocycles. The summed E-state index contributed by atoms with van der Waals surface area (Å²) in [4.78, 5) is 25.0. The van der Waals surface area contributed by atoms with Gasteiger partial charge in [0.05, 0.1) is 32.0 Å². The van der Waals surface area contributed by atoms with Crippen LogP contribution in [-0.4, -0.2) is 100 Å². The third-order valence-electron chi connectivity index (χ3n) is 13.2. The Morgan fingerprint density at radius 3 is 1.55 bits per heavy atom. The Kier molecular flexibility index (Phi) is 44.9. The molecule has 1 saturated heterocycles. The van der Waals surface area contributed by atoms with E-state index in [-0.39, 0.29) is 18.5 Å². The molecule has 0 aliphatic carbocycles. The molecule has 0 saturated carbocycles. The Morgan fingerprint density at radius 2 is 0.986 bits per heavy atom. The maximum absolute atomic E-state index is 13.0. The summed E-state index contributed by atoms with van der Waals surface area (Å²) in [5, 5.41) is 54.1. The molecule has 69 heavy (non-hydrogen) atoms. The summed E-state index contributed by atoms with van der Waals surface area (Å²) in [7, 11) is 0. The fourth-order valence-electron chi connectivity index (χ4n) is 8.60. The average Bonchev–Trinajstić information content (AvgIpc) is 3.34. The Balaban J connectivity index is 2.09. The summed E-state index contributed by atoms with van der Waals surface area (Å²) in [6.07, 6.45) is 49.3. The summed E-state index contributed by atoms with van der Waals surface area (Å²) in [6, 6.07) is -0.838. The second-order valence-electron chi connectivity index (χ2n) is 19.6. The SMILES string of the molecule is CCCCC/C=C/CC/C=C/C(O)C(COC1OC(CO)C(O)C(O)C1O)NC(=O)CCCCCCCCC/C=C\C/C=C\CCCCCOC(=O)CCCCCCCCCCCCCCCCC. The van der Waals surface area contributed by atoms with Crippen molar-refractivity contribution in [3.05, 3.63) is 48.6 Å². The minimum atomic E-state index is -1.58. The van der Waals surface area contributed by atoms with Crippen LogP contribution < -0.4 is 5.32 Å². The number of ether oxygens (including phenoxy) is 3. The Morgan fingerprint density at radius 1 is 0.536 bits per heavy atom. The van der Waals surface area contributed by atoms with Crippen molar-refractivity contribution in [2.24, 2.45) is 0 Å². The lowest BCUT2D eigenvalue weighted by molar-refractivity contribution is -0.302. The minimum Gasteiger partial charge on any atom is -0.466 e.